The number of hydrogen-bond donors (Lipinski definition) is 0. The molecule has 0 fully saturated rings. The minimum atomic E-state index is -0.237. The van der Waals surface area contributed by atoms with Crippen LogP contribution in [0.1, 0.15) is 12.8 Å². The number of carbonyl (C=O) groups excluding carboxylic acids is 2. The largest absolute Gasteiger partial charge is 0.273 e. The lowest BCUT2D eigenvalue weighted by atomic mass is 9.99. The third-order valence-corrected chi connectivity index (χ3v) is 2.18. The maximum atomic E-state index is 11.3. The first-order valence-corrected chi connectivity index (χ1v) is 3.78. The van der Waals surface area contributed by atoms with Crippen LogP contribution in [0.15, 0.2) is 23.3 Å². The SMILES string of the molecule is [CH2]N1C(=O)C2=C(CC=CC2)C1=O. The molecule has 12 heavy (non-hydrogen) atoms. The van der Waals surface area contributed by atoms with Crippen molar-refractivity contribution in [3.8, 4) is 0 Å². The Balaban J connectivity index is 2.43. The van der Waals surface area contributed by atoms with Gasteiger partial charge in [0.1, 0.15) is 0 Å². The number of hydrogen-bond acceptors (Lipinski definition) is 2. The summed E-state index contributed by atoms with van der Waals surface area (Å²) in [6.45, 7) is 0. The molecule has 1 aliphatic heterocycles. The van der Waals surface area contributed by atoms with Gasteiger partial charge in [-0.2, -0.15) is 0 Å². The highest BCUT2D eigenvalue weighted by atomic mass is 16.2. The maximum absolute atomic E-state index is 11.3. The zero-order valence-electron chi connectivity index (χ0n) is 6.54. The number of allylic oxidation sites excluding steroid dienone is 2. The molecule has 0 bridgehead atoms. The van der Waals surface area contributed by atoms with Crippen molar-refractivity contribution in [1.82, 2.24) is 4.90 Å². The van der Waals surface area contributed by atoms with Gasteiger partial charge in [0.15, 0.2) is 0 Å². The summed E-state index contributed by atoms with van der Waals surface area (Å²) < 4.78 is 0. The summed E-state index contributed by atoms with van der Waals surface area (Å²) in [7, 11) is 3.39. The summed E-state index contributed by atoms with van der Waals surface area (Å²) in [6.07, 6.45) is 4.96. The van der Waals surface area contributed by atoms with E-state index in [-0.39, 0.29) is 11.8 Å². The average molecular weight is 162 g/mol. The van der Waals surface area contributed by atoms with E-state index in [1.54, 1.807) is 0 Å². The summed E-state index contributed by atoms with van der Waals surface area (Å²) in [5.74, 6) is -0.473. The second kappa shape index (κ2) is 2.30. The van der Waals surface area contributed by atoms with Crippen LogP contribution in [0.4, 0.5) is 0 Å². The molecule has 2 amide bonds. The molecule has 0 saturated carbocycles. The number of amides is 2. The van der Waals surface area contributed by atoms with Crippen LogP contribution in [0, 0.1) is 7.05 Å². The van der Waals surface area contributed by atoms with Crippen LogP contribution in [0.3, 0.4) is 0 Å². The molecule has 3 heteroatoms. The van der Waals surface area contributed by atoms with Gasteiger partial charge < -0.3 is 0 Å². The zero-order chi connectivity index (χ0) is 8.72. The van der Waals surface area contributed by atoms with E-state index in [9.17, 15) is 9.59 Å². The van der Waals surface area contributed by atoms with Crippen molar-refractivity contribution in [3.63, 3.8) is 0 Å². The molecule has 3 nitrogen and oxygen atoms in total. The quantitative estimate of drug-likeness (QED) is 0.390. The van der Waals surface area contributed by atoms with Gasteiger partial charge in [-0.05, 0) is 12.8 Å². The van der Waals surface area contributed by atoms with Gasteiger partial charge in [-0.15, -0.1) is 0 Å². The standard InChI is InChI=1S/C9H8NO2/c1-10-8(11)6-4-2-3-5-7(6)9(10)12/h2-3H,1,4-5H2. The van der Waals surface area contributed by atoms with Gasteiger partial charge in [0, 0.05) is 18.2 Å². The molecule has 0 unspecified atom stereocenters. The van der Waals surface area contributed by atoms with Gasteiger partial charge in [0.25, 0.3) is 11.8 Å². The van der Waals surface area contributed by atoms with Crippen molar-refractivity contribution in [2.24, 2.45) is 0 Å². The van der Waals surface area contributed by atoms with Gasteiger partial charge in [-0.1, -0.05) is 12.2 Å². The summed E-state index contributed by atoms with van der Waals surface area (Å²) in [5.41, 5.74) is 1.25. The molecule has 0 atom stereocenters. The van der Waals surface area contributed by atoms with Crippen LogP contribution >= 0.6 is 0 Å². The van der Waals surface area contributed by atoms with E-state index in [4.69, 9.17) is 0 Å². The van der Waals surface area contributed by atoms with Crippen LogP contribution in [-0.4, -0.2) is 16.7 Å². The van der Waals surface area contributed by atoms with E-state index in [2.05, 4.69) is 7.05 Å². The Morgan fingerprint density at radius 3 is 1.92 bits per heavy atom. The normalized spacial score (nSPS) is 22.2. The van der Waals surface area contributed by atoms with Crippen LogP contribution in [-0.2, 0) is 9.59 Å². The van der Waals surface area contributed by atoms with E-state index in [1.165, 1.54) is 0 Å². The Morgan fingerprint density at radius 2 is 1.50 bits per heavy atom. The lowest BCUT2D eigenvalue weighted by Crippen LogP contribution is -2.24. The summed E-state index contributed by atoms with van der Waals surface area (Å²) in [6, 6.07) is 0. The third-order valence-electron chi connectivity index (χ3n) is 2.18. The molecule has 61 valence electrons. The number of rotatable bonds is 0. The van der Waals surface area contributed by atoms with Gasteiger partial charge in [-0.3, -0.25) is 14.5 Å². The molecule has 2 aliphatic rings. The highest BCUT2D eigenvalue weighted by Crippen LogP contribution is 2.28. The Hall–Kier alpha value is -1.38. The monoisotopic (exact) mass is 162 g/mol. The molecule has 1 radical (unpaired) electrons. The predicted octanol–water partition coefficient (Wildman–Crippen LogP) is 0.793. The molecule has 0 aromatic heterocycles. The van der Waals surface area contributed by atoms with Gasteiger partial charge in [-0.25, -0.2) is 0 Å². The van der Waals surface area contributed by atoms with Crippen molar-refractivity contribution < 1.29 is 9.59 Å². The summed E-state index contributed by atoms with van der Waals surface area (Å²) >= 11 is 0. The Kier molecular flexibility index (Phi) is 1.40. The molecule has 0 saturated heterocycles. The van der Waals surface area contributed by atoms with Gasteiger partial charge in [0.05, 0.1) is 0 Å². The summed E-state index contributed by atoms with van der Waals surface area (Å²) in [5, 5.41) is 0. The van der Waals surface area contributed by atoms with E-state index >= 15 is 0 Å². The van der Waals surface area contributed by atoms with Crippen LogP contribution in [0.5, 0.6) is 0 Å². The van der Waals surface area contributed by atoms with Gasteiger partial charge in [0.2, 0.25) is 0 Å². The highest BCUT2D eigenvalue weighted by molar-refractivity contribution is 6.19. The molecule has 0 aromatic carbocycles. The lowest BCUT2D eigenvalue weighted by molar-refractivity contribution is -0.134. The zero-order valence-corrected chi connectivity index (χ0v) is 6.54. The second-order valence-corrected chi connectivity index (χ2v) is 2.88. The smallest absolute Gasteiger partial charge is 0.257 e. The molecule has 0 aromatic rings. The number of carbonyl (C=O) groups is 2. The molecular formula is C9H8NO2. The maximum Gasteiger partial charge on any atom is 0.257 e. The second-order valence-electron chi connectivity index (χ2n) is 2.88. The molecule has 1 heterocycles. The van der Waals surface area contributed by atoms with Crippen molar-refractivity contribution >= 4 is 11.8 Å². The first-order valence-electron chi connectivity index (χ1n) is 3.78. The number of imide groups is 1. The Labute approximate surface area is 70.4 Å². The van der Waals surface area contributed by atoms with Crippen LogP contribution in [0.2, 0.25) is 0 Å². The highest BCUT2D eigenvalue weighted by Gasteiger charge is 2.34. The van der Waals surface area contributed by atoms with E-state index in [0.29, 0.717) is 24.0 Å². The Morgan fingerprint density at radius 1 is 1.08 bits per heavy atom. The molecule has 0 spiro atoms. The van der Waals surface area contributed by atoms with E-state index < -0.39 is 0 Å². The number of nitrogens with zero attached hydrogens (tertiary/aromatic N) is 1. The van der Waals surface area contributed by atoms with E-state index in [1.807, 2.05) is 12.2 Å². The first-order chi connectivity index (χ1) is 5.72. The fraction of sp³-hybridized carbons (Fsp3) is 0.222. The predicted molar refractivity (Wildman–Crippen MR) is 42.6 cm³/mol. The van der Waals surface area contributed by atoms with Gasteiger partial charge >= 0.3 is 0 Å². The Bertz CT molecular complexity index is 295. The molecular weight excluding hydrogens is 154 g/mol. The molecule has 1 aliphatic carbocycles. The topological polar surface area (TPSA) is 37.4 Å². The van der Waals surface area contributed by atoms with Crippen molar-refractivity contribution in [3.05, 3.63) is 30.3 Å². The van der Waals surface area contributed by atoms with Crippen molar-refractivity contribution in [2.75, 3.05) is 0 Å². The van der Waals surface area contributed by atoms with Crippen LogP contribution in [0.25, 0.3) is 0 Å². The average Bonchev–Trinajstić information content (AvgIpc) is 2.33. The van der Waals surface area contributed by atoms with Crippen molar-refractivity contribution in [2.45, 2.75) is 12.8 Å². The summed E-state index contributed by atoms with van der Waals surface area (Å²) in [4.78, 5) is 23.5. The first kappa shape index (κ1) is 7.28. The molecule has 0 N–H and O–H groups in total. The third kappa shape index (κ3) is 0.763. The minimum Gasteiger partial charge on any atom is -0.273 e. The van der Waals surface area contributed by atoms with Crippen LogP contribution < -0.4 is 0 Å². The minimum absolute atomic E-state index is 0.237. The fourth-order valence-electron chi connectivity index (χ4n) is 1.50. The lowest BCUT2D eigenvalue weighted by Gasteiger charge is -2.04. The fourth-order valence-corrected chi connectivity index (χ4v) is 1.50. The van der Waals surface area contributed by atoms with E-state index in [0.717, 1.165) is 4.90 Å². The molecule has 2 rings (SSSR count). The van der Waals surface area contributed by atoms with Crippen molar-refractivity contribution in [1.29, 1.82) is 0 Å².